The summed E-state index contributed by atoms with van der Waals surface area (Å²) < 4.78 is 34.0. The van der Waals surface area contributed by atoms with E-state index in [2.05, 4.69) is 86.5 Å². The van der Waals surface area contributed by atoms with Gasteiger partial charge in [-0.15, -0.1) is 0 Å². The van der Waals surface area contributed by atoms with E-state index in [1.165, 1.54) is 11.1 Å². The maximum absolute atomic E-state index is 14.2. The highest BCUT2D eigenvalue weighted by Gasteiger charge is 2.39. The third kappa shape index (κ3) is 14.6. The van der Waals surface area contributed by atoms with Crippen LogP contribution < -0.4 is 9.80 Å². The van der Waals surface area contributed by atoms with Crippen LogP contribution in [0, 0.1) is 11.8 Å². The maximum atomic E-state index is 14.2. The second-order valence-electron chi connectivity index (χ2n) is 17.1. The topological polar surface area (TPSA) is 121 Å². The average Bonchev–Trinajstić information content (AvgIpc) is 3.31. The molecule has 64 heavy (non-hydrogen) atoms. The van der Waals surface area contributed by atoms with Gasteiger partial charge in [-0.05, 0) is 122 Å². The van der Waals surface area contributed by atoms with Crippen molar-refractivity contribution in [2.45, 2.75) is 91.1 Å². The fourth-order valence-corrected chi connectivity index (χ4v) is 11.3. The molecule has 2 amide bonds. The molecule has 0 aliphatic carbocycles. The summed E-state index contributed by atoms with van der Waals surface area (Å²) >= 11 is 0. The highest BCUT2D eigenvalue weighted by Crippen LogP contribution is 2.30. The van der Waals surface area contributed by atoms with Gasteiger partial charge in [0.15, 0.2) is 0 Å². The lowest BCUT2D eigenvalue weighted by atomic mass is 9.95. The third-order valence-corrected chi connectivity index (χ3v) is 17.4. The van der Waals surface area contributed by atoms with E-state index in [-0.39, 0.29) is 23.7 Å². The Morgan fingerprint density at radius 2 is 0.766 bits per heavy atom. The molecule has 14 heteroatoms. The molecule has 0 bridgehead atoms. The number of anilines is 2. The van der Waals surface area contributed by atoms with Gasteiger partial charge < -0.3 is 36.4 Å². The van der Waals surface area contributed by atoms with Crippen molar-refractivity contribution in [1.29, 1.82) is 0 Å². The van der Waals surface area contributed by atoms with Crippen LogP contribution in [-0.2, 0) is 49.0 Å². The molecule has 4 aromatic carbocycles. The normalized spacial score (nSPS) is 13.2. The van der Waals surface area contributed by atoms with E-state index >= 15 is 0 Å². The summed E-state index contributed by atoms with van der Waals surface area (Å²) in [6.07, 6.45) is 3.22. The van der Waals surface area contributed by atoms with E-state index in [0.29, 0.717) is 61.2 Å². The Kier molecular flexibility index (Phi) is 20.7. The second-order valence-corrected chi connectivity index (χ2v) is 23.3. The van der Waals surface area contributed by atoms with Crippen LogP contribution in [0.1, 0.15) is 88.5 Å². The van der Waals surface area contributed by atoms with Crippen molar-refractivity contribution in [2.75, 3.05) is 65.5 Å². The van der Waals surface area contributed by atoms with Gasteiger partial charge in [0.25, 0.3) is 0 Å². The second kappa shape index (κ2) is 25.3. The SMILES string of the molecule is CO[Si](CCCN(C(=O)C(C)c1ccc(CC(C)C)cc1)c1ccc(N=Nc2ccc(N(CCC[Si](OC)(OC)OC)C(=O)C(C)c3ccc(CC(C)C)cc3)cc2)cc1)(OC)OC. The molecule has 12 nitrogen and oxygen atoms in total. The lowest BCUT2D eigenvalue weighted by Gasteiger charge is -2.29. The first kappa shape index (κ1) is 52.2. The van der Waals surface area contributed by atoms with Crippen LogP contribution in [0.3, 0.4) is 0 Å². The van der Waals surface area contributed by atoms with Crippen molar-refractivity contribution in [2.24, 2.45) is 22.1 Å². The smallest absolute Gasteiger partial charge is 0.377 e. The molecule has 0 spiro atoms. The number of hydrogen-bond acceptors (Lipinski definition) is 10. The van der Waals surface area contributed by atoms with E-state index in [9.17, 15) is 9.59 Å². The third-order valence-electron chi connectivity index (χ3n) is 11.7. The lowest BCUT2D eigenvalue weighted by Crippen LogP contribution is -2.44. The van der Waals surface area contributed by atoms with Crippen LogP contribution in [-0.4, -0.2) is 85.2 Å². The van der Waals surface area contributed by atoms with Gasteiger partial charge in [-0.2, -0.15) is 10.2 Å². The molecule has 0 saturated heterocycles. The summed E-state index contributed by atoms with van der Waals surface area (Å²) in [6, 6.07) is 32.9. The van der Waals surface area contributed by atoms with Gasteiger partial charge in [-0.3, -0.25) is 9.59 Å². The lowest BCUT2D eigenvalue weighted by molar-refractivity contribution is -0.120. The summed E-state index contributed by atoms with van der Waals surface area (Å²) in [7, 11) is 3.92. The number of rotatable bonds is 26. The molecule has 2 unspecified atom stereocenters. The van der Waals surface area contributed by atoms with Gasteiger partial charge in [0.2, 0.25) is 11.8 Å². The predicted molar refractivity (Wildman–Crippen MR) is 261 cm³/mol. The van der Waals surface area contributed by atoms with Gasteiger partial charge in [0, 0.05) is 79.2 Å². The zero-order valence-corrected chi connectivity index (χ0v) is 42.3. The fraction of sp³-hybridized carbons (Fsp3) is 0.480. The van der Waals surface area contributed by atoms with E-state index in [4.69, 9.17) is 26.6 Å². The molecular formula is C50H72N4O8Si2. The van der Waals surface area contributed by atoms with Crippen molar-refractivity contribution in [3.05, 3.63) is 119 Å². The number of nitrogens with zero attached hydrogens (tertiary/aromatic N) is 4. The zero-order valence-electron chi connectivity index (χ0n) is 40.3. The van der Waals surface area contributed by atoms with Crippen LogP contribution in [0.5, 0.6) is 0 Å². The Labute approximate surface area is 385 Å². The summed E-state index contributed by atoms with van der Waals surface area (Å²) in [5.74, 6) is 0.354. The quantitative estimate of drug-likeness (QED) is 0.0451. The molecule has 0 aliphatic heterocycles. The van der Waals surface area contributed by atoms with Crippen molar-refractivity contribution >= 4 is 52.2 Å². The van der Waals surface area contributed by atoms with Crippen LogP contribution in [0.2, 0.25) is 12.1 Å². The van der Waals surface area contributed by atoms with Crippen LogP contribution in [0.15, 0.2) is 107 Å². The molecule has 348 valence electrons. The summed E-state index contributed by atoms with van der Waals surface area (Å²) in [5.41, 5.74) is 7.22. The van der Waals surface area contributed by atoms with Crippen molar-refractivity contribution in [1.82, 2.24) is 0 Å². The van der Waals surface area contributed by atoms with Crippen molar-refractivity contribution < 1.29 is 36.1 Å². The fourth-order valence-electron chi connectivity index (χ4n) is 7.85. The van der Waals surface area contributed by atoms with Crippen molar-refractivity contribution in [3.8, 4) is 0 Å². The molecule has 0 N–H and O–H groups in total. The van der Waals surface area contributed by atoms with E-state index < -0.39 is 17.6 Å². The van der Waals surface area contributed by atoms with Gasteiger partial charge >= 0.3 is 17.6 Å². The van der Waals surface area contributed by atoms with Gasteiger partial charge in [-0.1, -0.05) is 76.2 Å². The maximum Gasteiger partial charge on any atom is 0.500 e. The largest absolute Gasteiger partial charge is 0.500 e. The number of benzene rings is 4. The van der Waals surface area contributed by atoms with Gasteiger partial charge in [-0.25, -0.2) is 0 Å². The van der Waals surface area contributed by atoms with Crippen LogP contribution >= 0.6 is 0 Å². The summed E-state index contributed by atoms with van der Waals surface area (Å²) in [6.45, 7) is 13.6. The highest BCUT2D eigenvalue weighted by atomic mass is 28.4. The van der Waals surface area contributed by atoms with Gasteiger partial charge in [0.1, 0.15) is 0 Å². The monoisotopic (exact) mass is 912 g/mol. The predicted octanol–water partition coefficient (Wildman–Crippen LogP) is 11.3. The van der Waals surface area contributed by atoms with Crippen LogP contribution in [0.4, 0.5) is 22.7 Å². The van der Waals surface area contributed by atoms with E-state index in [1.54, 1.807) is 42.7 Å². The molecule has 2 atom stereocenters. The Balaban J connectivity index is 1.54. The molecule has 0 fully saturated rings. The Morgan fingerprint density at radius 3 is 1.03 bits per heavy atom. The number of carbonyl (C=O) groups is 2. The molecule has 0 aliphatic rings. The first-order valence-electron chi connectivity index (χ1n) is 22.4. The molecule has 0 radical (unpaired) electrons. The summed E-state index contributed by atoms with van der Waals surface area (Å²) in [4.78, 5) is 32.1. The minimum absolute atomic E-state index is 0.00968. The van der Waals surface area contributed by atoms with Crippen LogP contribution in [0.25, 0.3) is 0 Å². The molecule has 0 aromatic heterocycles. The van der Waals surface area contributed by atoms with E-state index in [0.717, 1.165) is 35.3 Å². The highest BCUT2D eigenvalue weighted by molar-refractivity contribution is 6.60. The molecule has 0 heterocycles. The first-order chi connectivity index (χ1) is 30.7. The molecular weight excluding hydrogens is 841 g/mol. The number of azo groups is 1. The standard InChI is InChI=1S/C50H72N4O8Si2/c1-37(2)35-41-15-19-43(20-16-41)39(5)49(55)53(31-13-33-63(57-7,58-8)59-9)47-27-23-45(24-28-47)51-52-46-25-29-48(30-26-46)54(32-14-34-64(60-10,61-11)62-12)50(56)40(6)44-21-17-42(18-22-44)36-38(3)4/h15-30,37-40H,13-14,31-36H2,1-12H3. The number of amides is 2. The molecule has 4 aromatic rings. The number of hydrogen-bond donors (Lipinski definition) is 0. The zero-order chi connectivity index (χ0) is 46.9. The molecule has 0 saturated carbocycles. The van der Waals surface area contributed by atoms with E-state index in [1.807, 2.05) is 72.2 Å². The Morgan fingerprint density at radius 1 is 0.469 bits per heavy atom. The average molecular weight is 913 g/mol. The molecule has 4 rings (SSSR count). The Bertz CT molecular complexity index is 1880. The first-order valence-corrected chi connectivity index (χ1v) is 26.3. The minimum Gasteiger partial charge on any atom is -0.377 e. The summed E-state index contributed by atoms with van der Waals surface area (Å²) in [5, 5.41) is 9.06. The minimum atomic E-state index is -2.84. The van der Waals surface area contributed by atoms with Crippen molar-refractivity contribution in [3.63, 3.8) is 0 Å². The number of carbonyl (C=O) groups excluding carboxylic acids is 2. The van der Waals surface area contributed by atoms with Gasteiger partial charge in [0.05, 0.1) is 23.2 Å². The Hall–Kier alpha value is -4.39.